The highest BCUT2D eigenvalue weighted by atomic mass is 16.4. The third kappa shape index (κ3) is 2.21. The Morgan fingerprint density at radius 3 is 1.92 bits per heavy atom. The Bertz CT molecular complexity index is 160. The molecule has 0 amide bonds. The number of carboxylic acid groups (broad SMARTS) is 1. The van der Waals surface area contributed by atoms with Gasteiger partial charge in [-0.05, 0) is 12.8 Å². The lowest BCUT2D eigenvalue weighted by molar-refractivity contribution is -0.144. The zero-order valence-corrected chi connectivity index (χ0v) is 7.38. The standard InChI is InChI=1S/C9H17NO2/c10-9(8(11)12)6-4-2-1-3-5-7-9/h1-7,10H2,(H,11,12). The average Bonchev–Trinajstić information content (AvgIpc) is 1.97. The van der Waals surface area contributed by atoms with Gasteiger partial charge in [0.05, 0.1) is 0 Å². The maximum absolute atomic E-state index is 10.8. The predicted molar refractivity (Wildman–Crippen MR) is 46.9 cm³/mol. The van der Waals surface area contributed by atoms with Gasteiger partial charge in [0.15, 0.2) is 0 Å². The van der Waals surface area contributed by atoms with Gasteiger partial charge in [0.2, 0.25) is 0 Å². The number of hydrogen-bond acceptors (Lipinski definition) is 2. The Morgan fingerprint density at radius 2 is 1.50 bits per heavy atom. The summed E-state index contributed by atoms with van der Waals surface area (Å²) < 4.78 is 0. The Balaban J connectivity index is 2.54. The minimum Gasteiger partial charge on any atom is -0.480 e. The van der Waals surface area contributed by atoms with Crippen LogP contribution in [0.15, 0.2) is 0 Å². The van der Waals surface area contributed by atoms with Crippen molar-refractivity contribution in [1.29, 1.82) is 0 Å². The number of hydrogen-bond donors (Lipinski definition) is 2. The van der Waals surface area contributed by atoms with Crippen molar-refractivity contribution >= 4 is 5.97 Å². The fourth-order valence-corrected chi connectivity index (χ4v) is 1.75. The molecular formula is C9H17NO2. The van der Waals surface area contributed by atoms with E-state index in [0.717, 1.165) is 25.7 Å². The lowest BCUT2D eigenvalue weighted by atomic mass is 9.85. The Labute approximate surface area is 72.9 Å². The van der Waals surface area contributed by atoms with Crippen LogP contribution in [-0.2, 0) is 4.79 Å². The second-order valence-corrected chi connectivity index (χ2v) is 3.73. The topological polar surface area (TPSA) is 63.3 Å². The fourth-order valence-electron chi connectivity index (χ4n) is 1.75. The Morgan fingerprint density at radius 1 is 1.08 bits per heavy atom. The molecule has 0 atom stereocenters. The molecule has 70 valence electrons. The number of aliphatic carboxylic acids is 1. The molecule has 3 N–H and O–H groups in total. The van der Waals surface area contributed by atoms with Crippen molar-refractivity contribution in [3.63, 3.8) is 0 Å². The van der Waals surface area contributed by atoms with Crippen molar-refractivity contribution in [3.05, 3.63) is 0 Å². The average molecular weight is 171 g/mol. The Hall–Kier alpha value is -0.570. The van der Waals surface area contributed by atoms with Crippen LogP contribution >= 0.6 is 0 Å². The summed E-state index contributed by atoms with van der Waals surface area (Å²) in [4.78, 5) is 10.8. The van der Waals surface area contributed by atoms with Crippen LogP contribution in [-0.4, -0.2) is 16.6 Å². The molecule has 1 rings (SSSR count). The van der Waals surface area contributed by atoms with Crippen molar-refractivity contribution in [2.24, 2.45) is 5.73 Å². The molecular weight excluding hydrogens is 154 g/mol. The van der Waals surface area contributed by atoms with E-state index in [4.69, 9.17) is 10.8 Å². The van der Waals surface area contributed by atoms with Gasteiger partial charge in [-0.1, -0.05) is 32.1 Å². The van der Waals surface area contributed by atoms with Gasteiger partial charge in [-0.2, -0.15) is 0 Å². The molecule has 1 aliphatic carbocycles. The first-order chi connectivity index (χ1) is 5.65. The summed E-state index contributed by atoms with van der Waals surface area (Å²) in [5, 5.41) is 8.89. The first kappa shape index (κ1) is 9.52. The highest BCUT2D eigenvalue weighted by molar-refractivity contribution is 5.78. The van der Waals surface area contributed by atoms with Gasteiger partial charge in [-0.3, -0.25) is 4.79 Å². The number of carboxylic acids is 1. The van der Waals surface area contributed by atoms with Crippen molar-refractivity contribution in [1.82, 2.24) is 0 Å². The predicted octanol–water partition coefficient (Wildman–Crippen LogP) is 1.51. The van der Waals surface area contributed by atoms with E-state index >= 15 is 0 Å². The molecule has 0 spiro atoms. The molecule has 1 saturated carbocycles. The van der Waals surface area contributed by atoms with E-state index in [9.17, 15) is 4.79 Å². The number of nitrogens with two attached hydrogens (primary N) is 1. The molecule has 0 radical (unpaired) electrons. The minimum absolute atomic E-state index is 0.641. The van der Waals surface area contributed by atoms with Gasteiger partial charge < -0.3 is 10.8 Å². The van der Waals surface area contributed by atoms with E-state index < -0.39 is 11.5 Å². The molecule has 0 aliphatic heterocycles. The second-order valence-electron chi connectivity index (χ2n) is 3.73. The smallest absolute Gasteiger partial charge is 0.323 e. The van der Waals surface area contributed by atoms with Crippen LogP contribution in [0.25, 0.3) is 0 Å². The normalized spacial score (nSPS) is 24.1. The van der Waals surface area contributed by atoms with Crippen LogP contribution in [0.1, 0.15) is 44.9 Å². The van der Waals surface area contributed by atoms with Crippen LogP contribution < -0.4 is 5.73 Å². The third-order valence-corrected chi connectivity index (χ3v) is 2.67. The molecule has 0 aromatic heterocycles. The molecule has 0 bridgehead atoms. The maximum atomic E-state index is 10.8. The molecule has 1 fully saturated rings. The molecule has 3 heteroatoms. The van der Waals surface area contributed by atoms with Crippen molar-refractivity contribution in [2.75, 3.05) is 0 Å². The van der Waals surface area contributed by atoms with Gasteiger partial charge in [0.1, 0.15) is 5.54 Å². The monoisotopic (exact) mass is 171 g/mol. The van der Waals surface area contributed by atoms with Gasteiger partial charge >= 0.3 is 5.97 Å². The summed E-state index contributed by atoms with van der Waals surface area (Å²) in [6, 6.07) is 0. The van der Waals surface area contributed by atoms with Crippen LogP contribution in [0, 0.1) is 0 Å². The van der Waals surface area contributed by atoms with Gasteiger partial charge in [0.25, 0.3) is 0 Å². The first-order valence-corrected chi connectivity index (χ1v) is 4.67. The first-order valence-electron chi connectivity index (χ1n) is 4.67. The summed E-state index contributed by atoms with van der Waals surface area (Å²) in [5.41, 5.74) is 4.84. The van der Waals surface area contributed by atoms with E-state index in [-0.39, 0.29) is 0 Å². The number of carbonyl (C=O) groups is 1. The summed E-state index contributed by atoms with van der Waals surface area (Å²) >= 11 is 0. The third-order valence-electron chi connectivity index (χ3n) is 2.67. The molecule has 0 heterocycles. The van der Waals surface area contributed by atoms with Crippen molar-refractivity contribution < 1.29 is 9.90 Å². The maximum Gasteiger partial charge on any atom is 0.323 e. The number of rotatable bonds is 1. The summed E-state index contributed by atoms with van der Waals surface area (Å²) in [6.45, 7) is 0. The Kier molecular flexibility index (Phi) is 3.09. The largest absolute Gasteiger partial charge is 0.480 e. The van der Waals surface area contributed by atoms with E-state index in [2.05, 4.69) is 0 Å². The lowest BCUT2D eigenvalue weighted by Gasteiger charge is -2.26. The summed E-state index contributed by atoms with van der Waals surface area (Å²) in [5.74, 6) is -0.829. The van der Waals surface area contributed by atoms with Crippen molar-refractivity contribution in [2.45, 2.75) is 50.5 Å². The highest BCUT2D eigenvalue weighted by Crippen LogP contribution is 2.24. The van der Waals surface area contributed by atoms with Crippen molar-refractivity contribution in [3.8, 4) is 0 Å². The quantitative estimate of drug-likeness (QED) is 0.628. The zero-order chi connectivity index (χ0) is 9.03. The van der Waals surface area contributed by atoms with Gasteiger partial charge in [0, 0.05) is 0 Å². The van der Waals surface area contributed by atoms with E-state index in [1.54, 1.807) is 0 Å². The van der Waals surface area contributed by atoms with Crippen LogP contribution in [0.3, 0.4) is 0 Å². The van der Waals surface area contributed by atoms with E-state index in [1.165, 1.54) is 6.42 Å². The molecule has 1 aliphatic rings. The summed E-state index contributed by atoms with van der Waals surface area (Å²) in [7, 11) is 0. The molecule has 0 aromatic carbocycles. The lowest BCUT2D eigenvalue weighted by Crippen LogP contribution is -2.48. The molecule has 3 nitrogen and oxygen atoms in total. The molecule has 12 heavy (non-hydrogen) atoms. The fraction of sp³-hybridized carbons (Fsp3) is 0.889. The van der Waals surface area contributed by atoms with Crippen LogP contribution in [0.2, 0.25) is 0 Å². The molecule has 0 unspecified atom stereocenters. The SMILES string of the molecule is NC1(C(=O)O)CCCCCCC1. The molecule has 0 saturated heterocycles. The second kappa shape index (κ2) is 3.90. The van der Waals surface area contributed by atoms with Crippen LogP contribution in [0.4, 0.5) is 0 Å². The minimum atomic E-state index is -0.930. The van der Waals surface area contributed by atoms with E-state index in [1.807, 2.05) is 0 Å². The van der Waals surface area contributed by atoms with Gasteiger partial charge in [-0.25, -0.2) is 0 Å². The van der Waals surface area contributed by atoms with E-state index in [0.29, 0.717) is 12.8 Å². The van der Waals surface area contributed by atoms with Gasteiger partial charge in [-0.15, -0.1) is 0 Å². The summed E-state index contributed by atoms with van der Waals surface area (Å²) in [6.07, 6.45) is 6.70. The zero-order valence-electron chi connectivity index (χ0n) is 7.38. The van der Waals surface area contributed by atoms with Crippen LogP contribution in [0.5, 0.6) is 0 Å². The highest BCUT2D eigenvalue weighted by Gasteiger charge is 2.33. The molecule has 0 aromatic rings.